The lowest BCUT2D eigenvalue weighted by Gasteiger charge is -2.52. The van der Waals surface area contributed by atoms with Crippen LogP contribution in [0.2, 0.25) is 0 Å². The molecule has 2 N–H and O–H groups in total. The first-order chi connectivity index (χ1) is 16.1. The van der Waals surface area contributed by atoms with Crippen molar-refractivity contribution in [2.75, 3.05) is 36.5 Å². The average molecular weight is 448 g/mol. The van der Waals surface area contributed by atoms with E-state index in [9.17, 15) is 4.79 Å². The summed E-state index contributed by atoms with van der Waals surface area (Å²) in [7, 11) is 0. The zero-order chi connectivity index (χ0) is 22.5. The molecule has 3 aromatic rings. The maximum atomic E-state index is 13.1. The van der Waals surface area contributed by atoms with Crippen molar-refractivity contribution in [2.24, 2.45) is 17.8 Å². The first-order valence-electron chi connectivity index (χ1n) is 11.9. The molecule has 172 valence electrons. The Morgan fingerprint density at radius 3 is 2.91 bits per heavy atom. The van der Waals surface area contributed by atoms with Gasteiger partial charge in [0.05, 0.1) is 17.9 Å². The van der Waals surface area contributed by atoms with Crippen LogP contribution in [0.3, 0.4) is 0 Å². The molecule has 0 spiro atoms. The van der Waals surface area contributed by atoms with Crippen LogP contribution in [0.25, 0.3) is 5.65 Å². The smallest absolute Gasteiger partial charge is 0.262 e. The molecule has 9 heteroatoms. The molecule has 3 aromatic heterocycles. The third-order valence-electron chi connectivity index (χ3n) is 7.48. The number of carbonyl (C=O) groups is 1. The molecule has 2 bridgehead atoms. The fourth-order valence-corrected chi connectivity index (χ4v) is 6.05. The molecule has 1 aliphatic carbocycles. The van der Waals surface area contributed by atoms with Gasteiger partial charge in [0.15, 0.2) is 11.6 Å². The lowest BCUT2D eigenvalue weighted by Crippen LogP contribution is -2.57. The number of anilines is 2. The van der Waals surface area contributed by atoms with E-state index in [-0.39, 0.29) is 5.91 Å². The quantitative estimate of drug-likeness (QED) is 0.620. The lowest BCUT2D eigenvalue weighted by molar-refractivity contribution is 0.102. The molecular weight excluding hydrogens is 418 g/mol. The van der Waals surface area contributed by atoms with E-state index in [1.165, 1.54) is 12.8 Å². The van der Waals surface area contributed by atoms with Gasteiger partial charge in [-0.1, -0.05) is 0 Å². The summed E-state index contributed by atoms with van der Waals surface area (Å²) in [5.74, 6) is 3.79. The molecule has 4 unspecified atom stereocenters. The van der Waals surface area contributed by atoms with Crippen LogP contribution in [0.4, 0.5) is 11.6 Å². The minimum Gasteiger partial charge on any atom is -0.493 e. The van der Waals surface area contributed by atoms with E-state index < -0.39 is 0 Å². The maximum Gasteiger partial charge on any atom is 0.262 e. The summed E-state index contributed by atoms with van der Waals surface area (Å²) in [4.78, 5) is 20.0. The highest BCUT2D eigenvalue weighted by molar-refractivity contribution is 6.05. The maximum absolute atomic E-state index is 13.1. The summed E-state index contributed by atoms with van der Waals surface area (Å²) < 4.78 is 7.54. The molecule has 0 aromatic carbocycles. The minimum absolute atomic E-state index is 0.286. The molecule has 1 amide bonds. The van der Waals surface area contributed by atoms with Crippen molar-refractivity contribution in [2.45, 2.75) is 32.7 Å². The van der Waals surface area contributed by atoms with E-state index >= 15 is 0 Å². The normalized spacial score (nSPS) is 25.9. The molecule has 4 fully saturated rings. The van der Waals surface area contributed by atoms with Gasteiger partial charge in [-0.05, 0) is 63.1 Å². The molecule has 6 heterocycles. The zero-order valence-corrected chi connectivity index (χ0v) is 19.0. The third kappa shape index (κ3) is 3.51. The molecule has 9 nitrogen and oxygen atoms in total. The molecule has 7 rings (SSSR count). The second-order valence-corrected chi connectivity index (χ2v) is 9.41. The van der Waals surface area contributed by atoms with Gasteiger partial charge in [-0.15, -0.1) is 10.2 Å². The fraction of sp³-hybridized carbons (Fsp3) is 0.500. The summed E-state index contributed by atoms with van der Waals surface area (Å²) in [5.41, 5.74) is 2.05. The van der Waals surface area contributed by atoms with Gasteiger partial charge in [0.1, 0.15) is 11.4 Å². The molecule has 33 heavy (non-hydrogen) atoms. The second-order valence-electron chi connectivity index (χ2n) is 9.41. The van der Waals surface area contributed by atoms with E-state index in [0.29, 0.717) is 35.7 Å². The minimum atomic E-state index is -0.286. The van der Waals surface area contributed by atoms with Crippen LogP contribution in [0.5, 0.6) is 5.75 Å². The highest BCUT2D eigenvalue weighted by Crippen LogP contribution is 2.46. The predicted molar refractivity (Wildman–Crippen MR) is 125 cm³/mol. The van der Waals surface area contributed by atoms with Crippen molar-refractivity contribution >= 4 is 23.2 Å². The van der Waals surface area contributed by atoms with Crippen molar-refractivity contribution in [1.29, 1.82) is 0 Å². The lowest BCUT2D eigenvalue weighted by atomic mass is 9.67. The van der Waals surface area contributed by atoms with Gasteiger partial charge in [0.25, 0.3) is 5.91 Å². The van der Waals surface area contributed by atoms with E-state index in [1.807, 2.05) is 36.6 Å². The SMILES string of the molecule is CCOc1cc2nc(C)cn2cc1C(=O)Nc1ccc(N2CC3CCC2C2CNCC32)nn1. The van der Waals surface area contributed by atoms with Crippen LogP contribution < -0.4 is 20.3 Å². The molecule has 1 saturated carbocycles. The number of carbonyl (C=O) groups excluding carboxylic acids is 1. The number of pyridine rings is 1. The molecule has 3 saturated heterocycles. The van der Waals surface area contributed by atoms with E-state index in [1.54, 1.807) is 12.3 Å². The first kappa shape index (κ1) is 20.4. The fourth-order valence-electron chi connectivity index (χ4n) is 6.05. The predicted octanol–water partition coefficient (Wildman–Crippen LogP) is 2.52. The van der Waals surface area contributed by atoms with Crippen LogP contribution in [-0.4, -0.2) is 57.8 Å². The van der Waals surface area contributed by atoms with Crippen LogP contribution in [0.15, 0.2) is 30.6 Å². The molecule has 0 radical (unpaired) electrons. The van der Waals surface area contributed by atoms with E-state index in [2.05, 4.69) is 30.7 Å². The highest BCUT2D eigenvalue weighted by atomic mass is 16.5. The van der Waals surface area contributed by atoms with Crippen molar-refractivity contribution in [3.05, 3.63) is 41.9 Å². The van der Waals surface area contributed by atoms with Gasteiger partial charge in [-0.3, -0.25) is 4.79 Å². The number of hydrogen-bond acceptors (Lipinski definition) is 7. The summed E-state index contributed by atoms with van der Waals surface area (Å²) in [6.45, 7) is 7.58. The van der Waals surface area contributed by atoms with Gasteiger partial charge in [-0.25, -0.2) is 4.98 Å². The van der Waals surface area contributed by atoms with Gasteiger partial charge < -0.3 is 24.7 Å². The third-order valence-corrected chi connectivity index (χ3v) is 7.48. The van der Waals surface area contributed by atoms with Gasteiger partial charge in [0.2, 0.25) is 0 Å². The highest BCUT2D eigenvalue weighted by Gasteiger charge is 2.49. The number of rotatable bonds is 5. The number of nitrogens with one attached hydrogen (secondary N) is 2. The Hall–Kier alpha value is -3.20. The van der Waals surface area contributed by atoms with Crippen molar-refractivity contribution in [3.63, 3.8) is 0 Å². The van der Waals surface area contributed by atoms with Crippen LogP contribution in [-0.2, 0) is 0 Å². The number of amides is 1. The number of piperidine rings is 2. The van der Waals surface area contributed by atoms with Crippen molar-refractivity contribution in [3.8, 4) is 5.75 Å². The number of nitrogens with zero attached hydrogens (tertiary/aromatic N) is 5. The standard InChI is InChI=1S/C24H29N7O2/c1-3-33-20-8-23-26-14(2)11-30(23)13-18(20)24(32)27-21-6-7-22(29-28-21)31-12-15-4-5-19(31)17-10-25-9-16(15)17/h6-8,11,13,15-17,19,25H,3-5,9-10,12H2,1-2H3,(H,27,28,32). The number of fused-ring (bicyclic) bond motifs is 3. The summed E-state index contributed by atoms with van der Waals surface area (Å²) >= 11 is 0. The van der Waals surface area contributed by atoms with Crippen LogP contribution >= 0.6 is 0 Å². The second kappa shape index (κ2) is 7.98. The van der Waals surface area contributed by atoms with Crippen LogP contribution in [0.1, 0.15) is 35.8 Å². The van der Waals surface area contributed by atoms with Gasteiger partial charge in [0, 0.05) is 37.6 Å². The number of ether oxygens (including phenoxy) is 1. The average Bonchev–Trinajstić information content (AvgIpc) is 3.46. The Balaban J connectivity index is 1.21. The molecular formula is C24H29N7O2. The van der Waals surface area contributed by atoms with Crippen LogP contribution in [0, 0.1) is 24.7 Å². The Morgan fingerprint density at radius 2 is 2.09 bits per heavy atom. The van der Waals surface area contributed by atoms with Crippen molar-refractivity contribution < 1.29 is 9.53 Å². The molecule has 4 atom stereocenters. The molecule has 4 aliphatic rings. The number of imidazole rings is 1. The van der Waals surface area contributed by atoms with E-state index in [0.717, 1.165) is 48.6 Å². The topological polar surface area (TPSA) is 96.7 Å². The number of aryl methyl sites for hydroxylation is 1. The monoisotopic (exact) mass is 447 g/mol. The van der Waals surface area contributed by atoms with E-state index in [4.69, 9.17) is 4.74 Å². The zero-order valence-electron chi connectivity index (χ0n) is 19.0. The Kier molecular flexibility index (Phi) is 4.94. The Labute approximate surface area is 192 Å². The largest absolute Gasteiger partial charge is 0.493 e. The first-order valence-corrected chi connectivity index (χ1v) is 11.9. The summed E-state index contributed by atoms with van der Waals surface area (Å²) in [5, 5.41) is 15.3. The van der Waals surface area contributed by atoms with Crippen molar-refractivity contribution in [1.82, 2.24) is 24.9 Å². The Bertz CT molecular complexity index is 1190. The summed E-state index contributed by atoms with van der Waals surface area (Å²) in [6, 6.07) is 6.14. The molecule has 3 aliphatic heterocycles. The summed E-state index contributed by atoms with van der Waals surface area (Å²) in [6.07, 6.45) is 6.17. The Morgan fingerprint density at radius 1 is 1.21 bits per heavy atom. The van der Waals surface area contributed by atoms with Gasteiger partial charge in [-0.2, -0.15) is 0 Å². The number of hydrogen-bond donors (Lipinski definition) is 2. The van der Waals surface area contributed by atoms with Gasteiger partial charge >= 0.3 is 0 Å². The number of aromatic nitrogens is 4.